The fourth-order valence-electron chi connectivity index (χ4n) is 2.44. The number of aliphatic hydroxyl groups is 1. The number of carboxylic acid groups (broad SMARTS) is 1. The van der Waals surface area contributed by atoms with Crippen molar-refractivity contribution in [1.29, 1.82) is 0 Å². The maximum atomic E-state index is 12.2. The molecule has 2 amide bonds. The van der Waals surface area contributed by atoms with Crippen LogP contribution in [0.5, 0.6) is 0 Å². The molecule has 18 heavy (non-hydrogen) atoms. The number of aliphatic hydroxyl groups excluding tert-OH is 1. The van der Waals surface area contributed by atoms with Gasteiger partial charge in [-0.25, -0.2) is 9.59 Å². The second-order valence-corrected chi connectivity index (χ2v) is 5.72. The molecular weight excluding hydrogens is 256 g/mol. The number of hydrogen-bond donors (Lipinski definition) is 2. The van der Waals surface area contributed by atoms with Crippen molar-refractivity contribution in [3.8, 4) is 0 Å². The number of aliphatic carboxylic acids is 1. The highest BCUT2D eigenvalue weighted by Gasteiger charge is 2.38. The summed E-state index contributed by atoms with van der Waals surface area (Å²) in [6.45, 7) is 1.44. The molecule has 2 fully saturated rings. The molecule has 0 aliphatic carbocycles. The third kappa shape index (κ3) is 2.72. The molecule has 0 radical (unpaired) electrons. The third-order valence-electron chi connectivity index (χ3n) is 3.51. The Balaban J connectivity index is 1.93. The van der Waals surface area contributed by atoms with Gasteiger partial charge in [0.2, 0.25) is 0 Å². The highest BCUT2D eigenvalue weighted by atomic mass is 32.2. The van der Waals surface area contributed by atoms with E-state index in [9.17, 15) is 9.59 Å². The van der Waals surface area contributed by atoms with Crippen molar-refractivity contribution in [2.75, 3.05) is 31.3 Å². The van der Waals surface area contributed by atoms with Crippen LogP contribution in [0.25, 0.3) is 0 Å². The lowest BCUT2D eigenvalue weighted by Crippen LogP contribution is -2.48. The minimum absolute atomic E-state index is 0.143. The van der Waals surface area contributed by atoms with Gasteiger partial charge in [0.1, 0.15) is 6.04 Å². The van der Waals surface area contributed by atoms with Crippen molar-refractivity contribution < 1.29 is 19.8 Å². The molecule has 102 valence electrons. The molecule has 7 heteroatoms. The normalized spacial score (nSPS) is 27.8. The quantitative estimate of drug-likeness (QED) is 0.772. The molecule has 2 aliphatic rings. The first kappa shape index (κ1) is 13.5. The first-order valence-corrected chi connectivity index (χ1v) is 7.26. The van der Waals surface area contributed by atoms with Crippen LogP contribution in [-0.2, 0) is 4.79 Å². The highest BCUT2D eigenvalue weighted by molar-refractivity contribution is 7.99. The van der Waals surface area contributed by atoms with Crippen LogP contribution in [0.15, 0.2) is 0 Å². The van der Waals surface area contributed by atoms with E-state index < -0.39 is 12.0 Å². The number of amides is 2. The van der Waals surface area contributed by atoms with Gasteiger partial charge in [0.25, 0.3) is 0 Å². The summed E-state index contributed by atoms with van der Waals surface area (Å²) in [6, 6.07) is -0.868. The average Bonchev–Trinajstić information content (AvgIpc) is 2.96. The van der Waals surface area contributed by atoms with E-state index in [0.29, 0.717) is 37.1 Å². The minimum atomic E-state index is -0.931. The molecule has 2 atom stereocenters. The second kappa shape index (κ2) is 5.79. The van der Waals surface area contributed by atoms with Crippen molar-refractivity contribution in [2.45, 2.75) is 18.9 Å². The van der Waals surface area contributed by atoms with Crippen molar-refractivity contribution in [3.05, 3.63) is 0 Å². The lowest BCUT2D eigenvalue weighted by Gasteiger charge is -2.26. The van der Waals surface area contributed by atoms with Crippen LogP contribution >= 0.6 is 11.8 Å². The average molecular weight is 274 g/mol. The molecule has 0 bridgehead atoms. The van der Waals surface area contributed by atoms with E-state index in [0.717, 1.165) is 6.42 Å². The fourth-order valence-corrected chi connectivity index (χ4v) is 3.58. The molecule has 6 nitrogen and oxygen atoms in total. The number of urea groups is 1. The molecule has 2 aliphatic heterocycles. The van der Waals surface area contributed by atoms with Crippen LogP contribution in [0.3, 0.4) is 0 Å². The van der Waals surface area contributed by atoms with Gasteiger partial charge in [-0.1, -0.05) is 0 Å². The molecule has 2 saturated heterocycles. The van der Waals surface area contributed by atoms with Gasteiger partial charge >= 0.3 is 12.0 Å². The van der Waals surface area contributed by atoms with Crippen LogP contribution in [0, 0.1) is 5.92 Å². The number of nitrogens with zero attached hydrogens (tertiary/aromatic N) is 2. The number of thioether (sulfide) groups is 1. The Hall–Kier alpha value is -0.950. The van der Waals surface area contributed by atoms with Gasteiger partial charge in [0, 0.05) is 25.4 Å². The summed E-state index contributed by atoms with van der Waals surface area (Å²) in [5, 5.41) is 17.9. The number of hydrogen-bond acceptors (Lipinski definition) is 4. The summed E-state index contributed by atoms with van der Waals surface area (Å²) in [5.41, 5.74) is 0. The Kier molecular flexibility index (Phi) is 4.34. The summed E-state index contributed by atoms with van der Waals surface area (Å²) in [7, 11) is 0. The zero-order valence-electron chi connectivity index (χ0n) is 10.1. The van der Waals surface area contributed by atoms with E-state index in [-0.39, 0.29) is 12.6 Å². The smallest absolute Gasteiger partial charge is 0.327 e. The molecule has 0 saturated carbocycles. The Morgan fingerprint density at radius 1 is 1.39 bits per heavy atom. The SMILES string of the molecule is O=C(O)[C@@H]1CSCN1C(=O)N1CCC(CCO)C1. The van der Waals surface area contributed by atoms with Crippen LogP contribution in [0.1, 0.15) is 12.8 Å². The highest BCUT2D eigenvalue weighted by Crippen LogP contribution is 2.26. The number of carbonyl (C=O) groups excluding carboxylic acids is 1. The molecule has 1 unspecified atom stereocenters. The lowest BCUT2D eigenvalue weighted by atomic mass is 10.1. The first-order chi connectivity index (χ1) is 8.63. The van der Waals surface area contributed by atoms with Gasteiger partial charge in [-0.05, 0) is 18.8 Å². The van der Waals surface area contributed by atoms with E-state index in [2.05, 4.69) is 0 Å². The van der Waals surface area contributed by atoms with Crippen molar-refractivity contribution in [3.63, 3.8) is 0 Å². The predicted molar refractivity (Wildman–Crippen MR) is 67.4 cm³/mol. The molecule has 2 heterocycles. The summed E-state index contributed by atoms with van der Waals surface area (Å²) in [6.07, 6.45) is 1.60. The van der Waals surface area contributed by atoms with Gasteiger partial charge in [-0.3, -0.25) is 0 Å². The van der Waals surface area contributed by atoms with E-state index >= 15 is 0 Å². The van der Waals surface area contributed by atoms with Crippen molar-refractivity contribution in [2.24, 2.45) is 5.92 Å². The summed E-state index contributed by atoms with van der Waals surface area (Å²) in [5.74, 6) is 0.336. The fraction of sp³-hybridized carbons (Fsp3) is 0.818. The van der Waals surface area contributed by atoms with E-state index in [1.807, 2.05) is 0 Å². The zero-order valence-corrected chi connectivity index (χ0v) is 10.9. The van der Waals surface area contributed by atoms with Crippen LogP contribution < -0.4 is 0 Å². The van der Waals surface area contributed by atoms with Gasteiger partial charge < -0.3 is 20.0 Å². The lowest BCUT2D eigenvalue weighted by molar-refractivity contribution is -0.140. The predicted octanol–water partition coefficient (Wildman–Crippen LogP) is 0.270. The molecular formula is C11H18N2O4S. The third-order valence-corrected chi connectivity index (χ3v) is 4.52. The summed E-state index contributed by atoms with van der Waals surface area (Å²) < 4.78 is 0. The Bertz CT molecular complexity index is 339. The maximum Gasteiger partial charge on any atom is 0.327 e. The Morgan fingerprint density at radius 3 is 2.83 bits per heavy atom. The number of carboxylic acids is 1. The first-order valence-electron chi connectivity index (χ1n) is 6.10. The van der Waals surface area contributed by atoms with E-state index in [4.69, 9.17) is 10.2 Å². The Morgan fingerprint density at radius 2 is 2.17 bits per heavy atom. The Labute approximate surface area is 110 Å². The molecule has 0 aromatic carbocycles. The second-order valence-electron chi connectivity index (χ2n) is 4.72. The van der Waals surface area contributed by atoms with Crippen molar-refractivity contribution in [1.82, 2.24) is 9.80 Å². The van der Waals surface area contributed by atoms with Crippen molar-refractivity contribution >= 4 is 23.8 Å². The summed E-state index contributed by atoms with van der Waals surface area (Å²) in [4.78, 5) is 26.4. The molecule has 0 aromatic heterocycles. The number of rotatable bonds is 3. The van der Waals surface area contributed by atoms with Gasteiger partial charge in [-0.15, -0.1) is 11.8 Å². The number of carbonyl (C=O) groups is 2. The largest absolute Gasteiger partial charge is 0.480 e. The molecule has 0 aromatic rings. The number of likely N-dealkylation sites (tertiary alicyclic amines) is 1. The molecule has 0 spiro atoms. The summed E-state index contributed by atoms with van der Waals surface area (Å²) >= 11 is 1.47. The van der Waals surface area contributed by atoms with E-state index in [1.54, 1.807) is 4.90 Å². The zero-order chi connectivity index (χ0) is 13.1. The standard InChI is InChI=1S/C11H18N2O4S/c14-4-2-8-1-3-12(5-8)11(17)13-7-18-6-9(13)10(15)16/h8-9,14H,1-7H2,(H,15,16)/t8?,9-/m0/s1. The van der Waals surface area contributed by atoms with Crippen LogP contribution in [0.4, 0.5) is 4.79 Å². The van der Waals surface area contributed by atoms with E-state index in [1.165, 1.54) is 16.7 Å². The minimum Gasteiger partial charge on any atom is -0.480 e. The van der Waals surface area contributed by atoms with Crippen LogP contribution in [-0.4, -0.2) is 69.4 Å². The van der Waals surface area contributed by atoms with Gasteiger partial charge in [0.15, 0.2) is 0 Å². The topological polar surface area (TPSA) is 81.1 Å². The van der Waals surface area contributed by atoms with Gasteiger partial charge in [-0.2, -0.15) is 0 Å². The maximum absolute atomic E-state index is 12.2. The van der Waals surface area contributed by atoms with Gasteiger partial charge in [0.05, 0.1) is 5.88 Å². The monoisotopic (exact) mass is 274 g/mol. The molecule has 2 rings (SSSR count). The molecule has 2 N–H and O–H groups in total. The van der Waals surface area contributed by atoms with Crippen LogP contribution in [0.2, 0.25) is 0 Å².